The Morgan fingerprint density at radius 1 is 1.27 bits per heavy atom. The maximum absolute atomic E-state index is 13.2. The van der Waals surface area contributed by atoms with Crippen molar-refractivity contribution in [3.8, 4) is 5.75 Å². The number of hydrogen-bond donors (Lipinski definition) is 2. The van der Waals surface area contributed by atoms with Gasteiger partial charge < -0.3 is 15.4 Å². The standard InChI is InChI=1S/C20H30F4N4O.HI/c1-15(29-18-5-3-4-17(21)12-18)13-27-19(25-2)26-9-6-16-7-10-28(11-8-16)14-20(22,23)24;/h3-5,12,15-16H,6-11,13-14H2,1-2H3,(H2,25,26,27);1H. The first-order valence-electron chi connectivity index (χ1n) is 9.91. The number of aliphatic imine (C=N–C) groups is 1. The number of alkyl halides is 3. The summed E-state index contributed by atoms with van der Waals surface area (Å²) in [4.78, 5) is 5.64. The molecule has 1 heterocycles. The fourth-order valence-electron chi connectivity index (χ4n) is 3.36. The van der Waals surface area contributed by atoms with E-state index in [9.17, 15) is 17.6 Å². The summed E-state index contributed by atoms with van der Waals surface area (Å²) in [6.07, 6.45) is -1.86. The molecule has 0 radical (unpaired) electrons. The Morgan fingerprint density at radius 2 is 1.97 bits per heavy atom. The molecule has 30 heavy (non-hydrogen) atoms. The van der Waals surface area contributed by atoms with E-state index in [-0.39, 0.29) is 35.9 Å². The van der Waals surface area contributed by atoms with Gasteiger partial charge in [-0.15, -0.1) is 24.0 Å². The molecule has 1 fully saturated rings. The lowest BCUT2D eigenvalue weighted by Gasteiger charge is -2.32. The number of ether oxygens (including phenoxy) is 1. The van der Waals surface area contributed by atoms with E-state index in [0.717, 1.165) is 19.3 Å². The van der Waals surface area contributed by atoms with Crippen LogP contribution < -0.4 is 15.4 Å². The molecule has 172 valence electrons. The van der Waals surface area contributed by atoms with Gasteiger partial charge in [-0.25, -0.2) is 4.39 Å². The van der Waals surface area contributed by atoms with Crippen molar-refractivity contribution < 1.29 is 22.3 Å². The number of likely N-dealkylation sites (tertiary alicyclic amines) is 1. The molecular weight excluding hydrogens is 515 g/mol. The van der Waals surface area contributed by atoms with Gasteiger partial charge in [0, 0.05) is 19.7 Å². The van der Waals surface area contributed by atoms with Crippen LogP contribution in [0.25, 0.3) is 0 Å². The summed E-state index contributed by atoms with van der Waals surface area (Å²) < 4.78 is 56.2. The van der Waals surface area contributed by atoms with Crippen molar-refractivity contribution in [1.82, 2.24) is 15.5 Å². The Kier molecular flexibility index (Phi) is 11.7. The first-order valence-corrected chi connectivity index (χ1v) is 9.91. The third-order valence-corrected chi connectivity index (χ3v) is 4.87. The van der Waals surface area contributed by atoms with Gasteiger partial charge in [-0.2, -0.15) is 13.2 Å². The van der Waals surface area contributed by atoms with Crippen LogP contribution in [0.1, 0.15) is 26.2 Å². The Hall–Kier alpha value is -1.30. The van der Waals surface area contributed by atoms with E-state index in [1.165, 1.54) is 17.0 Å². The number of halogens is 5. The first-order chi connectivity index (χ1) is 13.7. The highest BCUT2D eigenvalue weighted by molar-refractivity contribution is 14.0. The van der Waals surface area contributed by atoms with Crippen molar-refractivity contribution in [2.45, 2.75) is 38.5 Å². The van der Waals surface area contributed by atoms with Gasteiger partial charge >= 0.3 is 6.18 Å². The van der Waals surface area contributed by atoms with Crippen molar-refractivity contribution in [1.29, 1.82) is 0 Å². The van der Waals surface area contributed by atoms with Gasteiger partial charge in [0.05, 0.1) is 13.1 Å². The van der Waals surface area contributed by atoms with E-state index in [1.54, 1.807) is 19.2 Å². The average Bonchev–Trinajstić information content (AvgIpc) is 2.64. The third-order valence-electron chi connectivity index (χ3n) is 4.87. The summed E-state index contributed by atoms with van der Waals surface area (Å²) in [7, 11) is 1.67. The van der Waals surface area contributed by atoms with E-state index in [0.29, 0.717) is 43.8 Å². The number of piperidine rings is 1. The average molecular weight is 546 g/mol. The van der Waals surface area contributed by atoms with E-state index in [2.05, 4.69) is 15.6 Å². The van der Waals surface area contributed by atoms with E-state index in [4.69, 9.17) is 4.74 Å². The Labute approximate surface area is 192 Å². The predicted molar refractivity (Wildman–Crippen MR) is 121 cm³/mol. The number of hydrogen-bond acceptors (Lipinski definition) is 3. The molecule has 10 heteroatoms. The summed E-state index contributed by atoms with van der Waals surface area (Å²) in [6, 6.07) is 6.00. The molecule has 1 atom stereocenters. The first kappa shape index (κ1) is 26.7. The summed E-state index contributed by atoms with van der Waals surface area (Å²) >= 11 is 0. The summed E-state index contributed by atoms with van der Waals surface area (Å²) in [5, 5.41) is 6.39. The minimum absolute atomic E-state index is 0. The van der Waals surface area contributed by atoms with Crippen molar-refractivity contribution in [3.05, 3.63) is 30.1 Å². The van der Waals surface area contributed by atoms with Crippen LogP contribution in [0.4, 0.5) is 17.6 Å². The molecule has 1 aliphatic rings. The maximum atomic E-state index is 13.2. The lowest BCUT2D eigenvalue weighted by Crippen LogP contribution is -2.43. The molecule has 2 N–H and O–H groups in total. The molecule has 1 unspecified atom stereocenters. The van der Waals surface area contributed by atoms with Crippen molar-refractivity contribution in [3.63, 3.8) is 0 Å². The van der Waals surface area contributed by atoms with Crippen molar-refractivity contribution in [2.75, 3.05) is 39.8 Å². The van der Waals surface area contributed by atoms with Gasteiger partial charge in [-0.05, 0) is 57.3 Å². The fraction of sp³-hybridized carbons (Fsp3) is 0.650. The van der Waals surface area contributed by atoms with E-state index in [1.807, 2.05) is 6.92 Å². The fourth-order valence-corrected chi connectivity index (χ4v) is 3.36. The molecule has 0 bridgehead atoms. The molecule has 0 spiro atoms. The molecule has 2 rings (SSSR count). The van der Waals surface area contributed by atoms with E-state index < -0.39 is 12.7 Å². The molecule has 0 aromatic heterocycles. The van der Waals surface area contributed by atoms with Gasteiger partial charge in [0.1, 0.15) is 17.7 Å². The number of nitrogens with one attached hydrogen (secondary N) is 2. The van der Waals surface area contributed by atoms with Crippen LogP contribution in [0.15, 0.2) is 29.3 Å². The van der Waals surface area contributed by atoms with Crippen molar-refractivity contribution in [2.24, 2.45) is 10.9 Å². The van der Waals surface area contributed by atoms with Gasteiger partial charge in [0.2, 0.25) is 0 Å². The quantitative estimate of drug-likeness (QED) is 0.224. The highest BCUT2D eigenvalue weighted by atomic mass is 127. The minimum atomic E-state index is -4.12. The monoisotopic (exact) mass is 546 g/mol. The number of nitrogens with zero attached hydrogens (tertiary/aromatic N) is 2. The topological polar surface area (TPSA) is 48.9 Å². The second-order valence-electron chi connectivity index (χ2n) is 7.39. The summed E-state index contributed by atoms with van der Waals surface area (Å²) in [6.45, 7) is 3.23. The normalized spacial score (nSPS) is 17.2. The molecule has 0 aliphatic carbocycles. The predicted octanol–water partition coefficient (Wildman–Crippen LogP) is 4.04. The highest BCUT2D eigenvalue weighted by Gasteiger charge is 2.32. The smallest absolute Gasteiger partial charge is 0.401 e. The largest absolute Gasteiger partial charge is 0.489 e. The summed E-state index contributed by atoms with van der Waals surface area (Å²) in [5.41, 5.74) is 0. The Balaban J connectivity index is 0.00000450. The molecule has 5 nitrogen and oxygen atoms in total. The lowest BCUT2D eigenvalue weighted by atomic mass is 9.93. The molecule has 1 saturated heterocycles. The lowest BCUT2D eigenvalue weighted by molar-refractivity contribution is -0.148. The number of rotatable bonds is 8. The Bertz CT molecular complexity index is 652. The van der Waals surface area contributed by atoms with Crippen LogP contribution >= 0.6 is 24.0 Å². The molecular formula is C20H31F4IN4O. The minimum Gasteiger partial charge on any atom is -0.489 e. The van der Waals surface area contributed by atoms with Crippen LogP contribution in [0, 0.1) is 11.7 Å². The summed E-state index contributed by atoms with van der Waals surface area (Å²) in [5.74, 6) is 1.18. The Morgan fingerprint density at radius 3 is 2.57 bits per heavy atom. The van der Waals surface area contributed by atoms with E-state index >= 15 is 0 Å². The third kappa shape index (κ3) is 10.6. The number of guanidine groups is 1. The van der Waals surface area contributed by atoms with Crippen LogP contribution in [0.5, 0.6) is 5.75 Å². The second kappa shape index (κ2) is 13.2. The van der Waals surface area contributed by atoms with Crippen LogP contribution in [-0.2, 0) is 0 Å². The van der Waals surface area contributed by atoms with Gasteiger partial charge in [-0.1, -0.05) is 6.07 Å². The molecule has 1 aromatic rings. The van der Waals surface area contributed by atoms with Gasteiger partial charge in [0.25, 0.3) is 0 Å². The zero-order chi connectivity index (χ0) is 21.3. The van der Waals surface area contributed by atoms with Crippen LogP contribution in [-0.4, -0.2) is 62.9 Å². The van der Waals surface area contributed by atoms with Crippen molar-refractivity contribution >= 4 is 29.9 Å². The zero-order valence-electron chi connectivity index (χ0n) is 17.3. The second-order valence-corrected chi connectivity index (χ2v) is 7.39. The molecule has 0 saturated carbocycles. The molecule has 0 amide bonds. The number of benzene rings is 1. The van der Waals surface area contributed by atoms with Gasteiger partial charge in [-0.3, -0.25) is 9.89 Å². The molecule has 1 aliphatic heterocycles. The SMILES string of the molecule is CN=C(NCCC1CCN(CC(F)(F)F)CC1)NCC(C)Oc1cccc(F)c1.I. The maximum Gasteiger partial charge on any atom is 0.401 e. The van der Waals surface area contributed by atoms with Crippen LogP contribution in [0.2, 0.25) is 0 Å². The highest BCUT2D eigenvalue weighted by Crippen LogP contribution is 2.24. The van der Waals surface area contributed by atoms with Gasteiger partial charge in [0.15, 0.2) is 5.96 Å². The zero-order valence-corrected chi connectivity index (χ0v) is 19.7. The van der Waals surface area contributed by atoms with Crippen LogP contribution in [0.3, 0.4) is 0 Å². The molecule has 1 aromatic carbocycles.